The molecule has 0 heterocycles. The average molecular weight is 534 g/mol. The number of amides is 3. The summed E-state index contributed by atoms with van der Waals surface area (Å²) in [5, 5.41) is 5.35. The van der Waals surface area contributed by atoms with E-state index in [1.54, 1.807) is 32.6 Å². The highest BCUT2D eigenvalue weighted by Gasteiger charge is 2.35. The number of rotatable bonds is 13. The van der Waals surface area contributed by atoms with Crippen LogP contribution in [0.25, 0.3) is 0 Å². The molecule has 214 valence electrons. The van der Waals surface area contributed by atoms with Gasteiger partial charge in [0.2, 0.25) is 11.8 Å². The number of alkyl carbamates (subject to hydrolysis) is 1. The van der Waals surface area contributed by atoms with Crippen molar-refractivity contribution in [3.8, 4) is 0 Å². The average Bonchev–Trinajstić information content (AvgIpc) is 2.77. The Balaban J connectivity index is 3.36. The van der Waals surface area contributed by atoms with Crippen LogP contribution in [0, 0.1) is 19.8 Å². The van der Waals surface area contributed by atoms with Crippen LogP contribution in [0.4, 0.5) is 4.79 Å². The summed E-state index contributed by atoms with van der Waals surface area (Å²) in [6.45, 7) is 17.0. The number of hydrogen-bond donors (Lipinski definition) is 2. The molecule has 1 rings (SSSR count). The van der Waals surface area contributed by atoms with Gasteiger partial charge in [-0.3, -0.25) is 14.4 Å². The van der Waals surface area contributed by atoms with Gasteiger partial charge in [0.15, 0.2) is 0 Å². The highest BCUT2D eigenvalue weighted by molar-refractivity contribution is 5.91. The number of nitrogens with zero attached hydrogens (tertiary/aromatic N) is 1. The summed E-state index contributed by atoms with van der Waals surface area (Å²) in [6.07, 6.45) is 0.847. The lowest BCUT2D eigenvalue weighted by Crippen LogP contribution is -2.51. The van der Waals surface area contributed by atoms with E-state index in [2.05, 4.69) is 24.5 Å². The standard InChI is InChI=1S/C29H47N3O6/c1-10-37-25(34)13-14-30-27(35)26(23-16-20(4)15-21(5)17-23)32(22(6)12-11-19(2)3)24(33)18-31-28(36)38-29(7,8)9/h15-17,19,22,26H,10-14,18H2,1-9H3,(H,30,35)(H,31,36). The molecule has 0 fully saturated rings. The van der Waals surface area contributed by atoms with Crippen LogP contribution in [0.5, 0.6) is 0 Å². The smallest absolute Gasteiger partial charge is 0.408 e. The van der Waals surface area contributed by atoms with Crippen LogP contribution in [0.15, 0.2) is 18.2 Å². The number of carbonyl (C=O) groups excluding carboxylic acids is 4. The Labute approximate surface area is 228 Å². The molecule has 0 saturated heterocycles. The number of esters is 1. The molecular formula is C29H47N3O6. The van der Waals surface area contributed by atoms with E-state index in [1.165, 1.54) is 0 Å². The number of carbonyl (C=O) groups is 4. The number of nitrogens with one attached hydrogen (secondary N) is 2. The maximum atomic E-state index is 13.7. The van der Waals surface area contributed by atoms with Gasteiger partial charge in [-0.1, -0.05) is 43.2 Å². The molecule has 2 unspecified atom stereocenters. The fraction of sp³-hybridized carbons (Fsp3) is 0.655. The molecule has 0 aromatic heterocycles. The van der Waals surface area contributed by atoms with Gasteiger partial charge in [-0.15, -0.1) is 0 Å². The maximum Gasteiger partial charge on any atom is 0.408 e. The van der Waals surface area contributed by atoms with E-state index in [9.17, 15) is 19.2 Å². The van der Waals surface area contributed by atoms with E-state index in [-0.39, 0.29) is 32.2 Å². The zero-order valence-corrected chi connectivity index (χ0v) is 24.6. The molecular weight excluding hydrogens is 486 g/mol. The maximum absolute atomic E-state index is 13.7. The van der Waals surface area contributed by atoms with Crippen molar-refractivity contribution in [3.63, 3.8) is 0 Å². The topological polar surface area (TPSA) is 114 Å². The molecule has 1 aromatic rings. The summed E-state index contributed by atoms with van der Waals surface area (Å²) in [4.78, 5) is 52.9. The van der Waals surface area contributed by atoms with Crippen LogP contribution in [-0.4, -0.2) is 60.1 Å². The minimum atomic E-state index is -0.953. The number of benzene rings is 1. The van der Waals surface area contributed by atoms with Gasteiger partial charge in [0.1, 0.15) is 18.2 Å². The largest absolute Gasteiger partial charge is 0.466 e. The molecule has 3 amide bonds. The van der Waals surface area contributed by atoms with E-state index in [0.717, 1.165) is 17.5 Å². The van der Waals surface area contributed by atoms with Gasteiger partial charge in [-0.05, 0) is 72.8 Å². The normalized spacial score (nSPS) is 12.9. The van der Waals surface area contributed by atoms with E-state index >= 15 is 0 Å². The Kier molecular flexibility index (Phi) is 13.3. The van der Waals surface area contributed by atoms with Gasteiger partial charge >= 0.3 is 12.1 Å². The van der Waals surface area contributed by atoms with E-state index < -0.39 is 35.5 Å². The Morgan fingerprint density at radius 1 is 0.947 bits per heavy atom. The van der Waals surface area contributed by atoms with Crippen molar-refractivity contribution in [2.75, 3.05) is 19.7 Å². The molecule has 2 atom stereocenters. The Bertz CT molecular complexity index is 934. The van der Waals surface area contributed by atoms with Gasteiger partial charge in [0.25, 0.3) is 0 Å². The Morgan fingerprint density at radius 3 is 2.08 bits per heavy atom. The zero-order valence-electron chi connectivity index (χ0n) is 24.6. The van der Waals surface area contributed by atoms with Crippen molar-refractivity contribution in [2.45, 2.75) is 99.3 Å². The number of hydrogen-bond acceptors (Lipinski definition) is 6. The highest BCUT2D eigenvalue weighted by atomic mass is 16.6. The summed E-state index contributed by atoms with van der Waals surface area (Å²) in [5.41, 5.74) is 1.87. The highest BCUT2D eigenvalue weighted by Crippen LogP contribution is 2.28. The van der Waals surface area contributed by atoms with Crippen molar-refractivity contribution in [2.24, 2.45) is 5.92 Å². The third kappa shape index (κ3) is 12.0. The second kappa shape index (κ2) is 15.3. The second-order valence-corrected chi connectivity index (χ2v) is 11.1. The zero-order chi connectivity index (χ0) is 29.0. The molecule has 0 aliphatic heterocycles. The fourth-order valence-corrected chi connectivity index (χ4v) is 4.13. The molecule has 0 aliphatic rings. The first kappa shape index (κ1) is 32.9. The SMILES string of the molecule is CCOC(=O)CCNC(=O)C(c1cc(C)cc(C)c1)N(C(=O)CNC(=O)OC(C)(C)C)C(C)CCC(C)C. The van der Waals surface area contributed by atoms with Crippen LogP contribution in [-0.2, 0) is 23.9 Å². The number of aryl methyl sites for hydroxylation is 2. The van der Waals surface area contributed by atoms with Gasteiger partial charge in [0, 0.05) is 12.6 Å². The van der Waals surface area contributed by atoms with Gasteiger partial charge in [-0.2, -0.15) is 0 Å². The molecule has 2 N–H and O–H groups in total. The molecule has 0 radical (unpaired) electrons. The minimum Gasteiger partial charge on any atom is -0.466 e. The van der Waals surface area contributed by atoms with Gasteiger partial charge in [0.05, 0.1) is 13.0 Å². The van der Waals surface area contributed by atoms with Crippen molar-refractivity contribution in [1.82, 2.24) is 15.5 Å². The quantitative estimate of drug-likeness (QED) is 0.359. The summed E-state index contributed by atoms with van der Waals surface area (Å²) in [7, 11) is 0. The molecule has 9 heteroatoms. The Hall–Kier alpha value is -3.10. The third-order valence-electron chi connectivity index (χ3n) is 5.73. The molecule has 0 saturated carbocycles. The van der Waals surface area contributed by atoms with Crippen LogP contribution >= 0.6 is 0 Å². The molecule has 0 bridgehead atoms. The second-order valence-electron chi connectivity index (χ2n) is 11.1. The van der Waals surface area contributed by atoms with E-state index in [1.807, 2.05) is 39.0 Å². The molecule has 1 aromatic carbocycles. The first-order chi connectivity index (χ1) is 17.6. The molecule has 9 nitrogen and oxygen atoms in total. The first-order valence-electron chi connectivity index (χ1n) is 13.4. The van der Waals surface area contributed by atoms with Gasteiger partial charge in [-0.25, -0.2) is 4.79 Å². The monoisotopic (exact) mass is 533 g/mol. The molecule has 38 heavy (non-hydrogen) atoms. The lowest BCUT2D eigenvalue weighted by atomic mass is 9.96. The van der Waals surface area contributed by atoms with Crippen molar-refractivity contribution in [3.05, 3.63) is 34.9 Å². The first-order valence-corrected chi connectivity index (χ1v) is 13.4. The predicted octanol–water partition coefficient (Wildman–Crippen LogP) is 4.59. The van der Waals surface area contributed by atoms with Crippen molar-refractivity contribution >= 4 is 23.9 Å². The summed E-state index contributed by atoms with van der Waals surface area (Å²) < 4.78 is 10.2. The van der Waals surface area contributed by atoms with Crippen molar-refractivity contribution < 1.29 is 28.7 Å². The van der Waals surface area contributed by atoms with Gasteiger partial charge < -0.3 is 25.0 Å². The van der Waals surface area contributed by atoms with Crippen LogP contribution < -0.4 is 10.6 Å². The lowest BCUT2D eigenvalue weighted by molar-refractivity contribution is -0.144. The van der Waals surface area contributed by atoms with Crippen LogP contribution in [0.2, 0.25) is 0 Å². The van der Waals surface area contributed by atoms with E-state index in [4.69, 9.17) is 9.47 Å². The Morgan fingerprint density at radius 2 is 1.55 bits per heavy atom. The van der Waals surface area contributed by atoms with Crippen LogP contribution in [0.1, 0.15) is 90.5 Å². The van der Waals surface area contributed by atoms with Crippen LogP contribution in [0.3, 0.4) is 0 Å². The third-order valence-corrected chi connectivity index (χ3v) is 5.73. The summed E-state index contributed by atoms with van der Waals surface area (Å²) in [6, 6.07) is 4.52. The minimum absolute atomic E-state index is 0.0240. The molecule has 0 spiro atoms. The van der Waals surface area contributed by atoms with Crippen molar-refractivity contribution in [1.29, 1.82) is 0 Å². The summed E-state index contributed by atoms with van der Waals surface area (Å²) >= 11 is 0. The number of ether oxygens (including phenoxy) is 2. The molecule has 0 aliphatic carbocycles. The lowest BCUT2D eigenvalue weighted by Gasteiger charge is -2.37. The predicted molar refractivity (Wildman–Crippen MR) is 148 cm³/mol. The van der Waals surface area contributed by atoms with E-state index in [0.29, 0.717) is 17.9 Å². The summed E-state index contributed by atoms with van der Waals surface area (Å²) in [5.74, 6) is -0.805. The fourth-order valence-electron chi connectivity index (χ4n) is 4.13.